The Hall–Kier alpha value is -3.30. The van der Waals surface area contributed by atoms with Crippen LogP contribution in [0.5, 0.6) is 0 Å². The molecular weight excluding hydrogens is 436 g/mol. The Balaban J connectivity index is 1.59. The van der Waals surface area contributed by atoms with E-state index >= 15 is 0 Å². The fourth-order valence-corrected chi connectivity index (χ4v) is 3.77. The van der Waals surface area contributed by atoms with Crippen LogP contribution in [-0.2, 0) is 11.3 Å². The van der Waals surface area contributed by atoms with Crippen LogP contribution in [0.1, 0.15) is 5.56 Å². The summed E-state index contributed by atoms with van der Waals surface area (Å²) in [7, 11) is 0. The summed E-state index contributed by atoms with van der Waals surface area (Å²) in [5, 5.41) is 12.5. The van der Waals surface area contributed by atoms with Crippen molar-refractivity contribution in [2.24, 2.45) is 0 Å². The Morgan fingerprint density at radius 2 is 2.00 bits per heavy atom. The molecule has 3 N–H and O–H groups in total. The first-order chi connectivity index (χ1) is 15.0. The van der Waals surface area contributed by atoms with Crippen molar-refractivity contribution in [3.05, 3.63) is 59.1 Å². The molecule has 4 rings (SSSR count). The third-order valence-electron chi connectivity index (χ3n) is 4.66. The highest BCUT2D eigenvalue weighted by Crippen LogP contribution is 2.35. The number of nitrogens with one attached hydrogen (secondary N) is 1. The molecule has 31 heavy (non-hydrogen) atoms. The fraction of sp³-hybridized carbons (Fsp3) is 0.143. The van der Waals surface area contributed by atoms with Gasteiger partial charge in [-0.05, 0) is 30.9 Å². The molecule has 0 bridgehead atoms. The van der Waals surface area contributed by atoms with E-state index in [0.29, 0.717) is 27.1 Å². The van der Waals surface area contributed by atoms with Crippen molar-refractivity contribution in [1.82, 2.24) is 19.9 Å². The van der Waals surface area contributed by atoms with E-state index in [-0.39, 0.29) is 24.2 Å². The molecule has 0 spiro atoms. The molecule has 0 aliphatic rings. The molecule has 0 aliphatic carbocycles. The van der Waals surface area contributed by atoms with Crippen LogP contribution in [0.25, 0.3) is 22.8 Å². The second kappa shape index (κ2) is 8.83. The molecule has 0 fully saturated rings. The van der Waals surface area contributed by atoms with Crippen molar-refractivity contribution in [2.75, 3.05) is 17.3 Å². The number of aromatic nitrogens is 4. The summed E-state index contributed by atoms with van der Waals surface area (Å²) in [5.74, 6) is 0.682. The summed E-state index contributed by atoms with van der Waals surface area (Å²) in [6.45, 7) is 1.76. The van der Waals surface area contributed by atoms with E-state index in [1.165, 1.54) is 16.4 Å². The molecule has 10 heteroatoms. The molecule has 0 atom stereocenters. The van der Waals surface area contributed by atoms with Crippen molar-refractivity contribution in [3.63, 3.8) is 0 Å². The number of nitrogens with zero attached hydrogens (tertiary/aromatic N) is 4. The van der Waals surface area contributed by atoms with Gasteiger partial charge in [0.05, 0.1) is 0 Å². The van der Waals surface area contributed by atoms with Crippen molar-refractivity contribution in [2.45, 2.75) is 18.5 Å². The minimum atomic E-state index is -0.283. The normalized spacial score (nSPS) is 10.9. The predicted molar refractivity (Wildman–Crippen MR) is 122 cm³/mol. The topological polar surface area (TPSA) is 112 Å². The molecule has 1 amide bonds. The number of carbonyl (C=O) groups excluding carboxylic acids is 1. The summed E-state index contributed by atoms with van der Waals surface area (Å²) in [6.07, 6.45) is 1.86. The largest absolute Gasteiger partial charge is 0.383 e. The van der Waals surface area contributed by atoms with Gasteiger partial charge >= 0.3 is 0 Å². The van der Waals surface area contributed by atoms with E-state index in [4.69, 9.17) is 21.9 Å². The van der Waals surface area contributed by atoms with Gasteiger partial charge in [0.25, 0.3) is 5.89 Å². The second-order valence-electron chi connectivity index (χ2n) is 6.68. The van der Waals surface area contributed by atoms with Gasteiger partial charge in [-0.25, -0.2) is 4.68 Å². The number of halogens is 1. The third kappa shape index (κ3) is 4.28. The highest BCUT2D eigenvalue weighted by atomic mass is 35.5. The van der Waals surface area contributed by atoms with Crippen LogP contribution in [0.4, 0.5) is 11.5 Å². The van der Waals surface area contributed by atoms with Gasteiger partial charge < -0.3 is 15.6 Å². The van der Waals surface area contributed by atoms with E-state index < -0.39 is 0 Å². The Morgan fingerprint density at radius 3 is 2.74 bits per heavy atom. The number of hydrogen-bond donors (Lipinski definition) is 2. The zero-order valence-corrected chi connectivity index (χ0v) is 18.4. The number of anilines is 2. The van der Waals surface area contributed by atoms with E-state index in [9.17, 15) is 4.79 Å². The summed E-state index contributed by atoms with van der Waals surface area (Å²) >= 11 is 7.50. The standard InChI is InChI=1S/C21H19ClN6O2S/c1-12-14(22)9-6-10-15(12)24-16(29)11-28-18(23)17(21(26-28)31-2)20-25-19(27-30-20)13-7-4-3-5-8-13/h3-10H,11,23H2,1-2H3,(H,24,29). The van der Waals surface area contributed by atoms with Crippen LogP contribution in [0.3, 0.4) is 0 Å². The second-order valence-corrected chi connectivity index (χ2v) is 7.88. The van der Waals surface area contributed by atoms with Crippen LogP contribution >= 0.6 is 23.4 Å². The van der Waals surface area contributed by atoms with Gasteiger partial charge in [-0.3, -0.25) is 4.79 Å². The van der Waals surface area contributed by atoms with E-state index in [1.807, 2.05) is 43.5 Å². The quantitative estimate of drug-likeness (QED) is 0.412. The maximum absolute atomic E-state index is 12.6. The minimum absolute atomic E-state index is 0.0783. The fourth-order valence-electron chi connectivity index (χ4n) is 3.01. The Morgan fingerprint density at radius 1 is 1.23 bits per heavy atom. The van der Waals surface area contributed by atoms with E-state index in [2.05, 4.69) is 20.6 Å². The van der Waals surface area contributed by atoms with Crippen molar-refractivity contribution < 1.29 is 9.32 Å². The number of hydrogen-bond acceptors (Lipinski definition) is 7. The smallest absolute Gasteiger partial charge is 0.264 e. The predicted octanol–water partition coefficient (Wildman–Crippen LogP) is 4.50. The minimum Gasteiger partial charge on any atom is -0.383 e. The molecule has 8 nitrogen and oxygen atoms in total. The lowest BCUT2D eigenvalue weighted by molar-refractivity contribution is -0.116. The van der Waals surface area contributed by atoms with Crippen molar-refractivity contribution >= 4 is 40.8 Å². The molecule has 0 saturated carbocycles. The van der Waals surface area contributed by atoms with Gasteiger partial charge in [0.2, 0.25) is 11.7 Å². The van der Waals surface area contributed by atoms with Gasteiger partial charge in [0.1, 0.15) is 23.0 Å². The lowest BCUT2D eigenvalue weighted by Crippen LogP contribution is -2.21. The van der Waals surface area contributed by atoms with E-state index in [0.717, 1.165) is 11.1 Å². The molecule has 0 unspecified atom stereocenters. The summed E-state index contributed by atoms with van der Waals surface area (Å²) in [5.41, 5.74) is 9.07. The average Bonchev–Trinajstić information content (AvgIpc) is 3.37. The van der Waals surface area contributed by atoms with Crippen LogP contribution in [0.15, 0.2) is 58.1 Å². The zero-order chi connectivity index (χ0) is 22.0. The summed E-state index contributed by atoms with van der Waals surface area (Å²) < 4.78 is 6.87. The number of thioether (sulfide) groups is 1. The number of nitrogen functional groups attached to an aromatic ring is 1. The maximum atomic E-state index is 12.6. The molecule has 2 aromatic heterocycles. The van der Waals surface area contributed by atoms with Gasteiger partial charge in [-0.1, -0.05) is 53.2 Å². The number of carbonyl (C=O) groups is 1. The SMILES string of the molecule is CSc1nn(CC(=O)Nc2cccc(Cl)c2C)c(N)c1-c1nc(-c2ccccc2)no1. The molecule has 4 aromatic rings. The average molecular weight is 455 g/mol. The first-order valence-corrected chi connectivity index (χ1v) is 10.9. The number of benzene rings is 2. The Labute approximate surface area is 187 Å². The van der Waals surface area contributed by atoms with Gasteiger partial charge in [0.15, 0.2) is 0 Å². The first kappa shape index (κ1) is 21.0. The van der Waals surface area contributed by atoms with Crippen molar-refractivity contribution in [1.29, 1.82) is 0 Å². The monoisotopic (exact) mass is 454 g/mol. The van der Waals surface area contributed by atoms with Crippen molar-refractivity contribution in [3.8, 4) is 22.8 Å². The van der Waals surface area contributed by atoms with Crippen LogP contribution in [0, 0.1) is 6.92 Å². The van der Waals surface area contributed by atoms with Gasteiger partial charge in [-0.15, -0.1) is 11.8 Å². The maximum Gasteiger partial charge on any atom is 0.264 e. The van der Waals surface area contributed by atoms with Crippen LogP contribution in [-0.4, -0.2) is 32.1 Å². The molecule has 2 aromatic carbocycles. The van der Waals surface area contributed by atoms with E-state index in [1.54, 1.807) is 18.2 Å². The zero-order valence-electron chi connectivity index (χ0n) is 16.8. The van der Waals surface area contributed by atoms with Gasteiger partial charge in [0, 0.05) is 16.3 Å². The number of rotatable bonds is 6. The Kier molecular flexibility index (Phi) is 5.97. The van der Waals surface area contributed by atoms with Crippen LogP contribution in [0.2, 0.25) is 5.02 Å². The summed E-state index contributed by atoms with van der Waals surface area (Å²) in [6, 6.07) is 14.8. The lowest BCUT2D eigenvalue weighted by atomic mass is 10.2. The lowest BCUT2D eigenvalue weighted by Gasteiger charge is -2.10. The number of amides is 1. The highest BCUT2D eigenvalue weighted by molar-refractivity contribution is 7.98. The molecule has 0 radical (unpaired) electrons. The van der Waals surface area contributed by atoms with Crippen LogP contribution < -0.4 is 11.1 Å². The molecule has 0 aliphatic heterocycles. The summed E-state index contributed by atoms with van der Waals surface area (Å²) in [4.78, 5) is 17.1. The Bertz CT molecular complexity index is 1240. The first-order valence-electron chi connectivity index (χ1n) is 9.32. The third-order valence-corrected chi connectivity index (χ3v) is 5.74. The highest BCUT2D eigenvalue weighted by Gasteiger charge is 2.24. The number of nitrogens with two attached hydrogens (primary N) is 1. The molecule has 158 valence electrons. The molecular formula is C21H19ClN6O2S. The van der Waals surface area contributed by atoms with Gasteiger partial charge in [-0.2, -0.15) is 10.1 Å². The molecule has 0 saturated heterocycles. The molecule has 2 heterocycles.